The van der Waals surface area contributed by atoms with Crippen LogP contribution in [-0.2, 0) is 9.59 Å². The number of amides is 1. The Morgan fingerprint density at radius 3 is 2.67 bits per heavy atom. The van der Waals surface area contributed by atoms with Crippen LogP contribution in [0.5, 0.6) is 0 Å². The average Bonchev–Trinajstić information content (AvgIpc) is 2.35. The third kappa shape index (κ3) is 2.06. The fourth-order valence-corrected chi connectivity index (χ4v) is 1.46. The highest BCUT2D eigenvalue weighted by Crippen LogP contribution is 2.14. The highest BCUT2D eigenvalue weighted by atomic mass is 16.2. The van der Waals surface area contributed by atoms with Gasteiger partial charge in [0.25, 0.3) is 0 Å². The second-order valence-corrected chi connectivity index (χ2v) is 3.23. The van der Waals surface area contributed by atoms with Crippen molar-refractivity contribution in [3.8, 4) is 0 Å². The summed E-state index contributed by atoms with van der Waals surface area (Å²) in [5.74, 6) is -0.344. The normalized spacial score (nSPS) is 22.9. The van der Waals surface area contributed by atoms with Gasteiger partial charge in [-0.25, -0.2) is 0 Å². The first-order valence-corrected chi connectivity index (χ1v) is 4.56. The molecule has 1 fully saturated rings. The Hall–Kier alpha value is -0.860. The van der Waals surface area contributed by atoms with Crippen molar-refractivity contribution in [2.75, 3.05) is 6.54 Å². The number of hydrogen-bond donors (Lipinski definition) is 1. The van der Waals surface area contributed by atoms with Crippen LogP contribution in [0.3, 0.4) is 0 Å². The van der Waals surface area contributed by atoms with Crippen molar-refractivity contribution >= 4 is 11.7 Å². The van der Waals surface area contributed by atoms with Gasteiger partial charge in [-0.1, -0.05) is 26.2 Å². The SMILES string of the molecule is CCCCC[C@H]1C(=O)CNC1=O. The lowest BCUT2D eigenvalue weighted by Crippen LogP contribution is -2.19. The number of Topliss-reactive ketones (excluding diaryl/α,β-unsaturated/α-hetero) is 1. The molecule has 1 N–H and O–H groups in total. The fourth-order valence-electron chi connectivity index (χ4n) is 1.46. The van der Waals surface area contributed by atoms with Crippen LogP contribution >= 0.6 is 0 Å². The van der Waals surface area contributed by atoms with Crippen LogP contribution in [-0.4, -0.2) is 18.2 Å². The zero-order valence-electron chi connectivity index (χ0n) is 7.43. The van der Waals surface area contributed by atoms with Gasteiger partial charge in [0.05, 0.1) is 12.5 Å². The molecule has 0 radical (unpaired) electrons. The molecule has 0 unspecified atom stereocenters. The van der Waals surface area contributed by atoms with Gasteiger partial charge in [0, 0.05) is 0 Å². The molecule has 0 spiro atoms. The minimum Gasteiger partial charge on any atom is -0.348 e. The third-order valence-electron chi connectivity index (χ3n) is 2.24. The Bertz CT molecular complexity index is 173. The summed E-state index contributed by atoms with van der Waals surface area (Å²) in [6, 6.07) is 0. The number of rotatable bonds is 4. The van der Waals surface area contributed by atoms with E-state index in [9.17, 15) is 9.59 Å². The van der Waals surface area contributed by atoms with Crippen molar-refractivity contribution in [3.05, 3.63) is 0 Å². The molecule has 68 valence electrons. The summed E-state index contributed by atoms with van der Waals surface area (Å²) in [4.78, 5) is 22.1. The molecule has 1 aliphatic heterocycles. The van der Waals surface area contributed by atoms with E-state index in [1.807, 2.05) is 0 Å². The number of unbranched alkanes of at least 4 members (excludes halogenated alkanes) is 2. The first-order valence-electron chi connectivity index (χ1n) is 4.56. The maximum atomic E-state index is 11.1. The Morgan fingerprint density at radius 1 is 1.42 bits per heavy atom. The largest absolute Gasteiger partial charge is 0.348 e. The maximum absolute atomic E-state index is 11.1. The van der Waals surface area contributed by atoms with Crippen molar-refractivity contribution in [1.29, 1.82) is 0 Å². The molecule has 1 heterocycles. The molecular weight excluding hydrogens is 154 g/mol. The lowest BCUT2D eigenvalue weighted by atomic mass is 9.99. The van der Waals surface area contributed by atoms with E-state index in [1.165, 1.54) is 0 Å². The number of nitrogens with one attached hydrogen (secondary N) is 1. The van der Waals surface area contributed by atoms with Gasteiger partial charge in [-0.2, -0.15) is 0 Å². The lowest BCUT2D eigenvalue weighted by Gasteiger charge is -2.03. The summed E-state index contributed by atoms with van der Waals surface area (Å²) in [5.41, 5.74) is 0. The molecule has 0 aliphatic carbocycles. The van der Waals surface area contributed by atoms with Crippen molar-refractivity contribution in [2.24, 2.45) is 5.92 Å². The van der Waals surface area contributed by atoms with Gasteiger partial charge in [0.15, 0.2) is 5.78 Å². The number of hydrogen-bond acceptors (Lipinski definition) is 2. The Labute approximate surface area is 72.5 Å². The molecule has 0 aromatic heterocycles. The molecule has 1 saturated heterocycles. The Morgan fingerprint density at radius 2 is 2.17 bits per heavy atom. The van der Waals surface area contributed by atoms with E-state index >= 15 is 0 Å². The molecule has 0 saturated carbocycles. The van der Waals surface area contributed by atoms with Crippen LogP contribution in [0.25, 0.3) is 0 Å². The van der Waals surface area contributed by atoms with E-state index in [0.717, 1.165) is 25.7 Å². The number of ketones is 1. The molecule has 1 rings (SSSR count). The van der Waals surface area contributed by atoms with E-state index in [4.69, 9.17) is 0 Å². The van der Waals surface area contributed by atoms with E-state index < -0.39 is 0 Å². The first kappa shape index (κ1) is 9.23. The predicted molar refractivity (Wildman–Crippen MR) is 45.6 cm³/mol. The third-order valence-corrected chi connectivity index (χ3v) is 2.24. The number of carbonyl (C=O) groups excluding carboxylic acids is 2. The molecule has 12 heavy (non-hydrogen) atoms. The summed E-state index contributed by atoms with van der Waals surface area (Å²) < 4.78 is 0. The van der Waals surface area contributed by atoms with Crippen molar-refractivity contribution in [1.82, 2.24) is 5.32 Å². The molecule has 0 aromatic carbocycles. The monoisotopic (exact) mass is 169 g/mol. The van der Waals surface area contributed by atoms with E-state index in [1.54, 1.807) is 0 Å². The van der Waals surface area contributed by atoms with Crippen LogP contribution in [0.2, 0.25) is 0 Å². The average molecular weight is 169 g/mol. The Kier molecular flexibility index (Phi) is 3.26. The maximum Gasteiger partial charge on any atom is 0.231 e. The van der Waals surface area contributed by atoms with Gasteiger partial charge >= 0.3 is 0 Å². The molecule has 3 nitrogen and oxygen atoms in total. The van der Waals surface area contributed by atoms with Crippen LogP contribution in [0, 0.1) is 5.92 Å². The minimum atomic E-state index is -0.337. The van der Waals surface area contributed by atoms with Crippen molar-refractivity contribution in [3.63, 3.8) is 0 Å². The second-order valence-electron chi connectivity index (χ2n) is 3.23. The van der Waals surface area contributed by atoms with E-state index in [-0.39, 0.29) is 24.2 Å². The Balaban J connectivity index is 2.30. The predicted octanol–water partition coefficient (Wildman–Crippen LogP) is 0.882. The zero-order chi connectivity index (χ0) is 8.97. The molecule has 1 atom stereocenters. The van der Waals surface area contributed by atoms with Gasteiger partial charge in [-0.05, 0) is 6.42 Å². The standard InChI is InChI=1S/C9H15NO2/c1-2-3-4-5-7-8(11)6-10-9(7)12/h7H,2-6H2,1H3,(H,10,12)/t7-/m0/s1. The van der Waals surface area contributed by atoms with Gasteiger partial charge in [-0.15, -0.1) is 0 Å². The van der Waals surface area contributed by atoms with Gasteiger partial charge in [-0.3, -0.25) is 9.59 Å². The van der Waals surface area contributed by atoms with Gasteiger partial charge in [0.1, 0.15) is 0 Å². The number of carbonyl (C=O) groups is 2. The molecule has 3 heteroatoms. The van der Waals surface area contributed by atoms with E-state index in [2.05, 4.69) is 12.2 Å². The van der Waals surface area contributed by atoms with Crippen molar-refractivity contribution in [2.45, 2.75) is 32.6 Å². The molecule has 1 amide bonds. The zero-order valence-corrected chi connectivity index (χ0v) is 7.43. The summed E-state index contributed by atoms with van der Waals surface area (Å²) in [5, 5.41) is 2.56. The second kappa shape index (κ2) is 4.24. The first-order chi connectivity index (χ1) is 5.75. The van der Waals surface area contributed by atoms with E-state index in [0.29, 0.717) is 0 Å². The summed E-state index contributed by atoms with van der Waals surface area (Å²) in [6.07, 6.45) is 3.96. The topological polar surface area (TPSA) is 46.2 Å². The van der Waals surface area contributed by atoms with Crippen LogP contribution in [0.4, 0.5) is 0 Å². The summed E-state index contributed by atoms with van der Waals surface area (Å²) in [7, 11) is 0. The van der Waals surface area contributed by atoms with Gasteiger partial charge < -0.3 is 5.32 Å². The van der Waals surface area contributed by atoms with Crippen LogP contribution in [0.1, 0.15) is 32.6 Å². The molecular formula is C9H15NO2. The lowest BCUT2D eigenvalue weighted by molar-refractivity contribution is -0.127. The summed E-state index contributed by atoms with van der Waals surface area (Å²) >= 11 is 0. The summed E-state index contributed by atoms with van der Waals surface area (Å²) in [6.45, 7) is 2.35. The highest BCUT2D eigenvalue weighted by Gasteiger charge is 2.31. The smallest absolute Gasteiger partial charge is 0.231 e. The molecule has 1 aliphatic rings. The molecule has 0 aromatic rings. The van der Waals surface area contributed by atoms with Crippen LogP contribution in [0.15, 0.2) is 0 Å². The van der Waals surface area contributed by atoms with Crippen LogP contribution < -0.4 is 5.32 Å². The van der Waals surface area contributed by atoms with Gasteiger partial charge in [0.2, 0.25) is 5.91 Å². The highest BCUT2D eigenvalue weighted by molar-refractivity contribution is 6.08. The van der Waals surface area contributed by atoms with Crippen molar-refractivity contribution < 1.29 is 9.59 Å². The molecule has 0 bridgehead atoms. The minimum absolute atomic E-state index is 0.0658. The fraction of sp³-hybridized carbons (Fsp3) is 0.778. The quantitative estimate of drug-likeness (QED) is 0.501.